The van der Waals surface area contributed by atoms with Gasteiger partial charge in [0.05, 0.1) is 5.02 Å². The monoisotopic (exact) mass is 327 g/mol. The van der Waals surface area contributed by atoms with E-state index in [2.05, 4.69) is 15.9 Å². The third kappa shape index (κ3) is 3.10. The predicted molar refractivity (Wildman–Crippen MR) is 76.2 cm³/mol. The molecule has 2 aromatic rings. The van der Waals surface area contributed by atoms with Crippen LogP contribution < -0.4 is 5.73 Å². The van der Waals surface area contributed by atoms with Gasteiger partial charge in [-0.05, 0) is 35.7 Å². The number of rotatable bonds is 3. The van der Waals surface area contributed by atoms with Crippen LogP contribution in [0.15, 0.2) is 46.9 Å². The van der Waals surface area contributed by atoms with Gasteiger partial charge in [0.15, 0.2) is 0 Å². The van der Waals surface area contributed by atoms with E-state index in [1.807, 2.05) is 24.3 Å². The standard InChI is InChI=1S/C14H12BrClFN/c15-10-6-4-9(5-7-10)8-13(18)11-2-1-3-12(17)14(11)16/h1-7,13H,8,18H2. The largest absolute Gasteiger partial charge is 0.324 e. The molecule has 2 aromatic carbocycles. The summed E-state index contributed by atoms with van der Waals surface area (Å²) in [7, 11) is 0. The highest BCUT2D eigenvalue weighted by atomic mass is 79.9. The van der Waals surface area contributed by atoms with Gasteiger partial charge in [-0.25, -0.2) is 4.39 Å². The average Bonchev–Trinajstić information content (AvgIpc) is 2.35. The fourth-order valence-electron chi connectivity index (χ4n) is 1.79. The van der Waals surface area contributed by atoms with Crippen molar-refractivity contribution in [3.05, 3.63) is 68.9 Å². The maximum absolute atomic E-state index is 13.3. The molecule has 1 nitrogen and oxygen atoms in total. The lowest BCUT2D eigenvalue weighted by Gasteiger charge is -2.14. The van der Waals surface area contributed by atoms with Gasteiger partial charge in [0, 0.05) is 10.5 Å². The van der Waals surface area contributed by atoms with Crippen LogP contribution in [0.2, 0.25) is 5.02 Å². The van der Waals surface area contributed by atoms with Crippen molar-refractivity contribution in [1.29, 1.82) is 0 Å². The fourth-order valence-corrected chi connectivity index (χ4v) is 2.32. The van der Waals surface area contributed by atoms with Crippen molar-refractivity contribution in [2.75, 3.05) is 0 Å². The molecule has 94 valence electrons. The first-order valence-electron chi connectivity index (χ1n) is 5.52. The first kappa shape index (κ1) is 13.5. The second kappa shape index (κ2) is 5.83. The van der Waals surface area contributed by atoms with Crippen molar-refractivity contribution in [3.63, 3.8) is 0 Å². The minimum Gasteiger partial charge on any atom is -0.324 e. The molecule has 0 fully saturated rings. The Kier molecular flexibility index (Phi) is 4.38. The van der Waals surface area contributed by atoms with Crippen LogP contribution in [-0.4, -0.2) is 0 Å². The summed E-state index contributed by atoms with van der Waals surface area (Å²) in [6.07, 6.45) is 0.621. The summed E-state index contributed by atoms with van der Waals surface area (Å²) in [5.41, 5.74) is 7.80. The lowest BCUT2D eigenvalue weighted by atomic mass is 9.99. The van der Waals surface area contributed by atoms with Crippen LogP contribution in [0, 0.1) is 5.82 Å². The fraction of sp³-hybridized carbons (Fsp3) is 0.143. The molecule has 1 unspecified atom stereocenters. The van der Waals surface area contributed by atoms with Gasteiger partial charge in [-0.1, -0.05) is 51.8 Å². The summed E-state index contributed by atoms with van der Waals surface area (Å²) < 4.78 is 14.4. The minimum atomic E-state index is -0.430. The smallest absolute Gasteiger partial charge is 0.142 e. The third-order valence-corrected chi connectivity index (χ3v) is 3.68. The van der Waals surface area contributed by atoms with E-state index in [-0.39, 0.29) is 11.1 Å². The molecule has 1 atom stereocenters. The van der Waals surface area contributed by atoms with Gasteiger partial charge in [0.2, 0.25) is 0 Å². The second-order valence-corrected chi connectivity index (χ2v) is 5.37. The highest BCUT2D eigenvalue weighted by Gasteiger charge is 2.13. The zero-order valence-corrected chi connectivity index (χ0v) is 11.9. The SMILES string of the molecule is NC(Cc1ccc(Br)cc1)c1cccc(F)c1Cl. The van der Waals surface area contributed by atoms with Crippen LogP contribution in [0.3, 0.4) is 0 Å². The Morgan fingerprint density at radius 2 is 1.83 bits per heavy atom. The molecule has 0 aromatic heterocycles. The number of benzene rings is 2. The molecule has 0 aliphatic heterocycles. The Morgan fingerprint density at radius 3 is 2.50 bits per heavy atom. The number of hydrogen-bond donors (Lipinski definition) is 1. The highest BCUT2D eigenvalue weighted by Crippen LogP contribution is 2.26. The van der Waals surface area contributed by atoms with Crippen molar-refractivity contribution in [3.8, 4) is 0 Å². The number of nitrogens with two attached hydrogens (primary N) is 1. The molecule has 0 amide bonds. The zero-order chi connectivity index (χ0) is 13.1. The van der Waals surface area contributed by atoms with Crippen LogP contribution in [0.4, 0.5) is 4.39 Å². The van der Waals surface area contributed by atoms with Crippen molar-refractivity contribution in [2.45, 2.75) is 12.5 Å². The van der Waals surface area contributed by atoms with Crippen LogP contribution in [0.1, 0.15) is 17.2 Å². The van der Waals surface area contributed by atoms with Crippen molar-refractivity contribution in [1.82, 2.24) is 0 Å². The Labute approximate surface area is 119 Å². The molecule has 4 heteroatoms. The molecular weight excluding hydrogens is 317 g/mol. The maximum Gasteiger partial charge on any atom is 0.142 e. The zero-order valence-electron chi connectivity index (χ0n) is 9.54. The van der Waals surface area contributed by atoms with Gasteiger partial charge in [-0.3, -0.25) is 0 Å². The topological polar surface area (TPSA) is 26.0 Å². The molecule has 0 radical (unpaired) electrons. The molecule has 0 saturated heterocycles. The lowest BCUT2D eigenvalue weighted by molar-refractivity contribution is 0.619. The van der Waals surface area contributed by atoms with E-state index in [1.165, 1.54) is 6.07 Å². The van der Waals surface area contributed by atoms with Gasteiger partial charge < -0.3 is 5.73 Å². The average molecular weight is 329 g/mol. The summed E-state index contributed by atoms with van der Waals surface area (Å²) in [6, 6.07) is 12.3. The third-order valence-electron chi connectivity index (χ3n) is 2.75. The van der Waals surface area contributed by atoms with Crippen molar-refractivity contribution in [2.24, 2.45) is 5.73 Å². The van der Waals surface area contributed by atoms with E-state index in [1.54, 1.807) is 12.1 Å². The summed E-state index contributed by atoms with van der Waals surface area (Å²) >= 11 is 9.29. The summed E-state index contributed by atoms with van der Waals surface area (Å²) in [5.74, 6) is -0.430. The van der Waals surface area contributed by atoms with Gasteiger partial charge in [0.25, 0.3) is 0 Å². The lowest BCUT2D eigenvalue weighted by Crippen LogP contribution is -2.14. The van der Waals surface area contributed by atoms with Crippen molar-refractivity contribution < 1.29 is 4.39 Å². The first-order chi connectivity index (χ1) is 8.58. The van der Waals surface area contributed by atoms with Crippen LogP contribution in [-0.2, 0) is 6.42 Å². The Hall–Kier alpha value is -0.900. The number of hydrogen-bond acceptors (Lipinski definition) is 1. The van der Waals surface area contributed by atoms with E-state index < -0.39 is 5.82 Å². The van der Waals surface area contributed by atoms with Gasteiger partial charge in [-0.15, -0.1) is 0 Å². The molecule has 0 spiro atoms. The summed E-state index contributed by atoms with van der Waals surface area (Å²) in [5, 5.41) is 0.113. The normalized spacial score (nSPS) is 12.4. The molecule has 2 N–H and O–H groups in total. The molecule has 0 aliphatic carbocycles. The van der Waals surface area contributed by atoms with Crippen LogP contribution in [0.25, 0.3) is 0 Å². The van der Waals surface area contributed by atoms with Gasteiger partial charge in [-0.2, -0.15) is 0 Å². The molecule has 0 saturated carbocycles. The molecule has 18 heavy (non-hydrogen) atoms. The molecule has 0 heterocycles. The van der Waals surface area contributed by atoms with E-state index in [0.717, 1.165) is 10.0 Å². The van der Waals surface area contributed by atoms with E-state index in [4.69, 9.17) is 17.3 Å². The maximum atomic E-state index is 13.3. The number of halogens is 3. The van der Waals surface area contributed by atoms with E-state index >= 15 is 0 Å². The predicted octanol–water partition coefficient (Wildman–Crippen LogP) is 4.48. The van der Waals surface area contributed by atoms with Crippen molar-refractivity contribution >= 4 is 27.5 Å². The highest BCUT2D eigenvalue weighted by molar-refractivity contribution is 9.10. The first-order valence-corrected chi connectivity index (χ1v) is 6.69. The second-order valence-electron chi connectivity index (χ2n) is 4.08. The van der Waals surface area contributed by atoms with Gasteiger partial charge in [0.1, 0.15) is 5.82 Å². The minimum absolute atomic E-state index is 0.113. The van der Waals surface area contributed by atoms with E-state index in [9.17, 15) is 4.39 Å². The van der Waals surface area contributed by atoms with Crippen LogP contribution in [0.5, 0.6) is 0 Å². The molecular formula is C14H12BrClFN. The molecule has 0 aliphatic rings. The Balaban J connectivity index is 2.19. The Bertz CT molecular complexity index is 542. The molecule has 0 bridgehead atoms. The molecule has 2 rings (SSSR count). The summed E-state index contributed by atoms with van der Waals surface area (Å²) in [6.45, 7) is 0. The quantitative estimate of drug-likeness (QED) is 0.883. The van der Waals surface area contributed by atoms with Crippen LogP contribution >= 0.6 is 27.5 Å². The summed E-state index contributed by atoms with van der Waals surface area (Å²) in [4.78, 5) is 0. The van der Waals surface area contributed by atoms with E-state index in [0.29, 0.717) is 12.0 Å². The Morgan fingerprint density at radius 1 is 1.17 bits per heavy atom. The van der Waals surface area contributed by atoms with Gasteiger partial charge >= 0.3 is 0 Å².